The van der Waals surface area contributed by atoms with Crippen LogP contribution in [0.4, 0.5) is 17.1 Å². The average Bonchev–Trinajstić information content (AvgIpc) is 2.25. The second kappa shape index (κ2) is 5.46. The highest BCUT2D eigenvalue weighted by atomic mass is 127. The van der Waals surface area contributed by atoms with Crippen molar-refractivity contribution in [3.05, 3.63) is 49.5 Å². The van der Waals surface area contributed by atoms with E-state index in [2.05, 4.69) is 43.8 Å². The molecule has 2 aromatic rings. The molecule has 3 N–H and O–H groups in total. The molecule has 0 bridgehead atoms. The maximum atomic E-state index is 5.91. The van der Waals surface area contributed by atoms with Gasteiger partial charge in [-0.05, 0) is 74.9 Å². The zero-order valence-electron chi connectivity index (χ0n) is 8.68. The number of anilines is 3. The fraction of sp³-hybridized carbons (Fsp3) is 0. The quantitative estimate of drug-likeness (QED) is 0.525. The molecule has 0 aliphatic rings. The molecule has 0 amide bonds. The van der Waals surface area contributed by atoms with Gasteiger partial charge >= 0.3 is 0 Å². The molecule has 5 heteroatoms. The summed E-state index contributed by atoms with van der Waals surface area (Å²) in [6.45, 7) is 0. The van der Waals surface area contributed by atoms with Gasteiger partial charge in [0, 0.05) is 18.8 Å². The smallest absolute Gasteiger partial charge is 0.0530 e. The number of benzene rings is 2. The van der Waals surface area contributed by atoms with Gasteiger partial charge in [-0.3, -0.25) is 0 Å². The minimum Gasteiger partial charge on any atom is -0.399 e. The van der Waals surface area contributed by atoms with Gasteiger partial charge in [-0.15, -0.1) is 0 Å². The third-order valence-electron chi connectivity index (χ3n) is 2.19. The van der Waals surface area contributed by atoms with Gasteiger partial charge in [0.2, 0.25) is 0 Å². The van der Waals surface area contributed by atoms with E-state index in [1.54, 1.807) is 0 Å². The van der Waals surface area contributed by atoms with Crippen molar-refractivity contribution in [1.29, 1.82) is 0 Å². The van der Waals surface area contributed by atoms with Crippen molar-refractivity contribution < 1.29 is 0 Å². The molecule has 88 valence electrons. The Labute approximate surface area is 127 Å². The van der Waals surface area contributed by atoms with Gasteiger partial charge in [0.15, 0.2) is 0 Å². The lowest BCUT2D eigenvalue weighted by Crippen LogP contribution is -1.95. The molecule has 0 saturated carbocycles. The first-order chi connectivity index (χ1) is 8.06. The van der Waals surface area contributed by atoms with Gasteiger partial charge in [-0.2, -0.15) is 0 Å². The molecule has 0 atom stereocenters. The van der Waals surface area contributed by atoms with Gasteiger partial charge in [-0.25, -0.2) is 0 Å². The Morgan fingerprint density at radius 1 is 1.12 bits per heavy atom. The largest absolute Gasteiger partial charge is 0.399 e. The van der Waals surface area contributed by atoms with Crippen molar-refractivity contribution >= 4 is 67.2 Å². The van der Waals surface area contributed by atoms with Crippen LogP contribution in [-0.2, 0) is 0 Å². The second-order valence-electron chi connectivity index (χ2n) is 3.49. The molecule has 0 aliphatic carbocycles. The standard InChI is InChI=1S/C12H9BrClIN2/c13-9-6-8(16)2-4-11(9)17-12-3-1-7(14)5-10(12)15/h1-6,17H,16H2. The third-order valence-corrected chi connectivity index (χ3v) is 3.98. The number of nitrogen functional groups attached to an aromatic ring is 1. The van der Waals surface area contributed by atoms with Crippen LogP contribution >= 0.6 is 50.1 Å². The van der Waals surface area contributed by atoms with Crippen LogP contribution < -0.4 is 11.1 Å². The van der Waals surface area contributed by atoms with Crippen LogP contribution in [0, 0.1) is 3.57 Å². The predicted octanol–water partition coefficient (Wildman–Crippen LogP) is 5.03. The van der Waals surface area contributed by atoms with Crippen molar-refractivity contribution in [2.24, 2.45) is 0 Å². The minimum atomic E-state index is 0.730. The second-order valence-corrected chi connectivity index (χ2v) is 5.94. The van der Waals surface area contributed by atoms with Crippen LogP contribution in [0.15, 0.2) is 40.9 Å². The summed E-state index contributed by atoms with van der Waals surface area (Å²) in [5, 5.41) is 4.06. The van der Waals surface area contributed by atoms with Crippen LogP contribution in [0.1, 0.15) is 0 Å². The monoisotopic (exact) mass is 422 g/mol. The Morgan fingerprint density at radius 3 is 2.47 bits per heavy atom. The van der Waals surface area contributed by atoms with Crippen LogP contribution in [-0.4, -0.2) is 0 Å². The number of rotatable bonds is 2. The summed E-state index contributed by atoms with van der Waals surface area (Å²) in [6.07, 6.45) is 0. The highest BCUT2D eigenvalue weighted by molar-refractivity contribution is 14.1. The van der Waals surface area contributed by atoms with E-state index < -0.39 is 0 Å². The van der Waals surface area contributed by atoms with E-state index >= 15 is 0 Å². The van der Waals surface area contributed by atoms with Gasteiger partial charge in [0.25, 0.3) is 0 Å². The summed E-state index contributed by atoms with van der Waals surface area (Å²) in [6, 6.07) is 11.4. The lowest BCUT2D eigenvalue weighted by Gasteiger charge is -2.11. The molecule has 0 radical (unpaired) electrons. The van der Waals surface area contributed by atoms with Crippen molar-refractivity contribution in [3.63, 3.8) is 0 Å². The SMILES string of the molecule is Nc1ccc(Nc2ccc(Cl)cc2I)c(Br)c1. The minimum absolute atomic E-state index is 0.730. The lowest BCUT2D eigenvalue weighted by atomic mass is 10.2. The maximum absolute atomic E-state index is 5.91. The van der Waals surface area contributed by atoms with Gasteiger partial charge in [-0.1, -0.05) is 11.6 Å². The molecule has 0 fully saturated rings. The van der Waals surface area contributed by atoms with E-state index in [0.717, 1.165) is 30.1 Å². The lowest BCUT2D eigenvalue weighted by molar-refractivity contribution is 1.50. The Hall–Kier alpha value is -0.460. The molecule has 2 rings (SSSR count). The molecule has 0 saturated heterocycles. The van der Waals surface area contributed by atoms with Crippen molar-refractivity contribution in [2.45, 2.75) is 0 Å². The predicted molar refractivity (Wildman–Crippen MR) is 86.0 cm³/mol. The number of nitrogens with two attached hydrogens (primary N) is 1. The Bertz CT molecular complexity index is 511. The zero-order chi connectivity index (χ0) is 12.4. The van der Waals surface area contributed by atoms with Crippen molar-refractivity contribution in [1.82, 2.24) is 0 Å². The average molecular weight is 423 g/mol. The van der Waals surface area contributed by atoms with E-state index in [0.29, 0.717) is 0 Å². The molecule has 0 aromatic heterocycles. The van der Waals surface area contributed by atoms with E-state index in [9.17, 15) is 0 Å². The van der Waals surface area contributed by atoms with E-state index in [-0.39, 0.29) is 0 Å². The molecular weight excluding hydrogens is 414 g/mol. The molecule has 17 heavy (non-hydrogen) atoms. The Kier molecular flexibility index (Phi) is 4.17. The fourth-order valence-corrected chi connectivity index (χ4v) is 2.87. The van der Waals surface area contributed by atoms with E-state index in [4.69, 9.17) is 17.3 Å². The molecule has 2 nitrogen and oxygen atoms in total. The normalized spacial score (nSPS) is 10.3. The maximum Gasteiger partial charge on any atom is 0.0530 e. The number of halogens is 3. The summed E-state index contributed by atoms with van der Waals surface area (Å²) in [5.41, 5.74) is 8.41. The molecule has 0 unspecified atom stereocenters. The van der Waals surface area contributed by atoms with Gasteiger partial charge in [0.05, 0.1) is 11.4 Å². The number of nitrogens with one attached hydrogen (secondary N) is 1. The first-order valence-electron chi connectivity index (χ1n) is 4.83. The number of hydrogen-bond donors (Lipinski definition) is 2. The topological polar surface area (TPSA) is 38.0 Å². The summed E-state index contributed by atoms with van der Waals surface area (Å²) in [5.74, 6) is 0. The first-order valence-corrected chi connectivity index (χ1v) is 7.08. The van der Waals surface area contributed by atoms with Crippen LogP contribution in [0.2, 0.25) is 5.02 Å². The van der Waals surface area contributed by atoms with Crippen LogP contribution in [0.25, 0.3) is 0 Å². The van der Waals surface area contributed by atoms with Gasteiger partial charge < -0.3 is 11.1 Å². The van der Waals surface area contributed by atoms with Crippen LogP contribution in [0.3, 0.4) is 0 Å². The van der Waals surface area contributed by atoms with Crippen molar-refractivity contribution in [2.75, 3.05) is 11.1 Å². The third kappa shape index (κ3) is 3.26. The summed E-state index contributed by atoms with van der Waals surface area (Å²) in [4.78, 5) is 0. The summed E-state index contributed by atoms with van der Waals surface area (Å²) < 4.78 is 2.00. The highest BCUT2D eigenvalue weighted by Crippen LogP contribution is 2.30. The zero-order valence-corrected chi connectivity index (χ0v) is 13.2. The Balaban J connectivity index is 2.31. The Morgan fingerprint density at radius 2 is 1.82 bits per heavy atom. The fourth-order valence-electron chi connectivity index (χ4n) is 1.37. The molecule has 0 aliphatic heterocycles. The summed E-state index contributed by atoms with van der Waals surface area (Å²) >= 11 is 11.6. The molecule has 0 spiro atoms. The first kappa shape index (κ1) is 13.0. The molecular formula is C12H9BrClIN2. The molecule has 2 aromatic carbocycles. The highest BCUT2D eigenvalue weighted by Gasteiger charge is 2.04. The summed E-state index contributed by atoms with van der Waals surface area (Å²) in [7, 11) is 0. The van der Waals surface area contributed by atoms with Gasteiger partial charge in [0.1, 0.15) is 0 Å². The van der Waals surface area contributed by atoms with Crippen LogP contribution in [0.5, 0.6) is 0 Å². The van der Waals surface area contributed by atoms with E-state index in [1.807, 2.05) is 36.4 Å². The van der Waals surface area contributed by atoms with E-state index in [1.165, 1.54) is 0 Å². The van der Waals surface area contributed by atoms with Crippen molar-refractivity contribution in [3.8, 4) is 0 Å². The molecule has 0 heterocycles. The number of hydrogen-bond acceptors (Lipinski definition) is 2.